The first kappa shape index (κ1) is 16.8. The maximum atomic E-state index is 12.1. The Balaban J connectivity index is 2.62. The SMILES string of the molecule is CC(O)CCNC(=O)C(Oc1cccc(Cl)c1)C(C)C. The number of hydrogen-bond acceptors (Lipinski definition) is 3. The Bertz CT molecular complexity index is 435. The van der Waals surface area contributed by atoms with E-state index in [9.17, 15) is 9.90 Å². The van der Waals surface area contributed by atoms with E-state index in [0.717, 1.165) is 0 Å². The van der Waals surface area contributed by atoms with Gasteiger partial charge >= 0.3 is 0 Å². The Morgan fingerprint density at radius 3 is 2.65 bits per heavy atom. The molecule has 1 aromatic rings. The molecule has 1 aromatic carbocycles. The van der Waals surface area contributed by atoms with Gasteiger partial charge in [-0.25, -0.2) is 0 Å². The number of ether oxygens (including phenoxy) is 1. The van der Waals surface area contributed by atoms with Crippen molar-refractivity contribution >= 4 is 17.5 Å². The monoisotopic (exact) mass is 299 g/mol. The molecule has 2 unspecified atom stereocenters. The lowest BCUT2D eigenvalue weighted by atomic mass is 10.1. The van der Waals surface area contributed by atoms with Crippen molar-refractivity contribution in [2.75, 3.05) is 6.54 Å². The molecule has 2 atom stereocenters. The van der Waals surface area contributed by atoms with Gasteiger partial charge in [-0.15, -0.1) is 0 Å². The summed E-state index contributed by atoms with van der Waals surface area (Å²) in [5.41, 5.74) is 0. The van der Waals surface area contributed by atoms with Crippen molar-refractivity contribution in [3.05, 3.63) is 29.3 Å². The first-order chi connectivity index (χ1) is 9.40. The third-order valence-corrected chi connectivity index (χ3v) is 3.02. The molecule has 0 fully saturated rings. The lowest BCUT2D eigenvalue weighted by molar-refractivity contribution is -0.129. The zero-order valence-electron chi connectivity index (χ0n) is 12.1. The molecule has 0 aliphatic rings. The Labute approximate surface area is 125 Å². The summed E-state index contributed by atoms with van der Waals surface area (Å²) in [7, 11) is 0. The summed E-state index contributed by atoms with van der Waals surface area (Å²) in [5.74, 6) is 0.419. The Morgan fingerprint density at radius 1 is 1.40 bits per heavy atom. The fourth-order valence-corrected chi connectivity index (χ4v) is 1.86. The minimum absolute atomic E-state index is 0.0283. The predicted molar refractivity (Wildman–Crippen MR) is 80.0 cm³/mol. The van der Waals surface area contributed by atoms with Gasteiger partial charge < -0.3 is 15.2 Å². The Kier molecular flexibility index (Phi) is 6.82. The zero-order chi connectivity index (χ0) is 15.1. The molecule has 2 N–H and O–H groups in total. The molecule has 0 saturated carbocycles. The van der Waals surface area contributed by atoms with Crippen molar-refractivity contribution < 1.29 is 14.6 Å². The van der Waals surface area contributed by atoms with Gasteiger partial charge in [-0.1, -0.05) is 31.5 Å². The molecule has 0 spiro atoms. The fourth-order valence-electron chi connectivity index (χ4n) is 1.68. The molecule has 0 aromatic heterocycles. The van der Waals surface area contributed by atoms with Gasteiger partial charge in [0.1, 0.15) is 5.75 Å². The topological polar surface area (TPSA) is 58.6 Å². The predicted octanol–water partition coefficient (Wildman–Crippen LogP) is 2.63. The van der Waals surface area contributed by atoms with Crippen LogP contribution in [0.1, 0.15) is 27.2 Å². The number of rotatable bonds is 7. The third kappa shape index (κ3) is 5.80. The summed E-state index contributed by atoms with van der Waals surface area (Å²) in [6, 6.07) is 6.98. The number of carbonyl (C=O) groups excluding carboxylic acids is 1. The van der Waals surface area contributed by atoms with Gasteiger partial charge in [-0.3, -0.25) is 4.79 Å². The molecule has 4 nitrogen and oxygen atoms in total. The molecule has 0 aliphatic heterocycles. The second-order valence-electron chi connectivity index (χ2n) is 5.17. The molecule has 1 rings (SSSR count). The van der Waals surface area contributed by atoms with Crippen LogP contribution in [0.25, 0.3) is 0 Å². The van der Waals surface area contributed by atoms with Gasteiger partial charge in [0.25, 0.3) is 5.91 Å². The largest absolute Gasteiger partial charge is 0.480 e. The van der Waals surface area contributed by atoms with Crippen LogP contribution in [0, 0.1) is 5.92 Å². The van der Waals surface area contributed by atoms with E-state index in [2.05, 4.69) is 5.32 Å². The van der Waals surface area contributed by atoms with Crippen LogP contribution in [-0.4, -0.2) is 29.8 Å². The van der Waals surface area contributed by atoms with Crippen LogP contribution >= 0.6 is 11.6 Å². The Hall–Kier alpha value is -1.26. The van der Waals surface area contributed by atoms with E-state index < -0.39 is 12.2 Å². The molecular formula is C15H22ClNO3. The number of benzene rings is 1. The van der Waals surface area contributed by atoms with Crippen molar-refractivity contribution in [3.8, 4) is 5.75 Å². The number of hydrogen-bond donors (Lipinski definition) is 2. The van der Waals surface area contributed by atoms with Crippen molar-refractivity contribution in [2.24, 2.45) is 5.92 Å². The van der Waals surface area contributed by atoms with Gasteiger partial charge in [0.05, 0.1) is 6.10 Å². The Morgan fingerprint density at radius 2 is 2.10 bits per heavy atom. The molecule has 0 bridgehead atoms. The first-order valence-electron chi connectivity index (χ1n) is 6.78. The lowest BCUT2D eigenvalue weighted by Gasteiger charge is -2.22. The van der Waals surface area contributed by atoms with Gasteiger partial charge in [0.2, 0.25) is 0 Å². The van der Waals surface area contributed by atoms with Crippen molar-refractivity contribution in [3.63, 3.8) is 0 Å². The molecule has 112 valence electrons. The normalized spacial score (nSPS) is 13.9. The standard InChI is InChI=1S/C15H22ClNO3/c1-10(2)14(15(19)17-8-7-11(3)18)20-13-6-4-5-12(16)9-13/h4-6,9-11,14,18H,7-8H2,1-3H3,(H,17,19). The highest BCUT2D eigenvalue weighted by molar-refractivity contribution is 6.30. The van der Waals surface area contributed by atoms with E-state index in [1.165, 1.54) is 0 Å². The molecule has 20 heavy (non-hydrogen) atoms. The number of halogens is 1. The fraction of sp³-hybridized carbons (Fsp3) is 0.533. The van der Waals surface area contributed by atoms with Crippen LogP contribution in [0.5, 0.6) is 5.75 Å². The van der Waals surface area contributed by atoms with Crippen LogP contribution in [0.15, 0.2) is 24.3 Å². The molecule has 0 radical (unpaired) electrons. The van der Waals surface area contributed by atoms with Crippen molar-refractivity contribution in [1.29, 1.82) is 0 Å². The second kappa shape index (κ2) is 8.12. The summed E-state index contributed by atoms with van der Waals surface area (Å²) in [5, 5.41) is 12.5. The molecular weight excluding hydrogens is 278 g/mol. The number of amides is 1. The van der Waals surface area contributed by atoms with E-state index >= 15 is 0 Å². The highest BCUT2D eigenvalue weighted by Crippen LogP contribution is 2.20. The minimum atomic E-state index is -0.581. The summed E-state index contributed by atoms with van der Waals surface area (Å²) in [6.45, 7) is 5.96. The quantitative estimate of drug-likeness (QED) is 0.814. The average molecular weight is 300 g/mol. The van der Waals surface area contributed by atoms with Crippen LogP contribution in [0.3, 0.4) is 0 Å². The van der Waals surface area contributed by atoms with Crippen LogP contribution in [-0.2, 0) is 4.79 Å². The summed E-state index contributed by atoms with van der Waals surface area (Å²) >= 11 is 5.90. The summed E-state index contributed by atoms with van der Waals surface area (Å²) in [6.07, 6.45) is -0.489. The molecule has 0 heterocycles. The van der Waals surface area contributed by atoms with E-state index in [0.29, 0.717) is 23.7 Å². The van der Waals surface area contributed by atoms with E-state index in [1.807, 2.05) is 13.8 Å². The number of carbonyl (C=O) groups is 1. The number of aliphatic hydroxyl groups excluding tert-OH is 1. The van der Waals surface area contributed by atoms with Gasteiger partial charge in [0.15, 0.2) is 6.10 Å². The van der Waals surface area contributed by atoms with Crippen LogP contribution in [0.4, 0.5) is 0 Å². The number of nitrogens with one attached hydrogen (secondary N) is 1. The zero-order valence-corrected chi connectivity index (χ0v) is 12.9. The van der Waals surface area contributed by atoms with Crippen molar-refractivity contribution in [1.82, 2.24) is 5.32 Å². The van der Waals surface area contributed by atoms with Crippen molar-refractivity contribution in [2.45, 2.75) is 39.4 Å². The molecule has 1 amide bonds. The molecule has 0 saturated heterocycles. The first-order valence-corrected chi connectivity index (χ1v) is 7.16. The second-order valence-corrected chi connectivity index (χ2v) is 5.61. The third-order valence-electron chi connectivity index (χ3n) is 2.78. The maximum Gasteiger partial charge on any atom is 0.261 e. The van der Waals surface area contributed by atoms with E-state index in [1.54, 1.807) is 31.2 Å². The van der Waals surface area contributed by atoms with E-state index in [4.69, 9.17) is 16.3 Å². The average Bonchev–Trinajstić information content (AvgIpc) is 2.35. The maximum absolute atomic E-state index is 12.1. The summed E-state index contributed by atoms with van der Waals surface area (Å²) < 4.78 is 5.72. The highest BCUT2D eigenvalue weighted by atomic mass is 35.5. The van der Waals surface area contributed by atoms with Gasteiger partial charge in [0, 0.05) is 11.6 Å². The molecule has 0 aliphatic carbocycles. The molecule has 5 heteroatoms. The van der Waals surface area contributed by atoms with E-state index in [-0.39, 0.29) is 11.8 Å². The summed E-state index contributed by atoms with van der Waals surface area (Å²) in [4.78, 5) is 12.1. The minimum Gasteiger partial charge on any atom is -0.480 e. The lowest BCUT2D eigenvalue weighted by Crippen LogP contribution is -2.42. The van der Waals surface area contributed by atoms with Crippen LogP contribution < -0.4 is 10.1 Å². The highest BCUT2D eigenvalue weighted by Gasteiger charge is 2.24. The van der Waals surface area contributed by atoms with Crippen LogP contribution in [0.2, 0.25) is 5.02 Å². The smallest absolute Gasteiger partial charge is 0.261 e. The number of aliphatic hydroxyl groups is 1. The van der Waals surface area contributed by atoms with Gasteiger partial charge in [-0.2, -0.15) is 0 Å². The van der Waals surface area contributed by atoms with Gasteiger partial charge in [-0.05, 0) is 37.5 Å².